The molecule has 2 nitrogen and oxygen atoms in total. The van der Waals surface area contributed by atoms with E-state index in [2.05, 4.69) is 4.98 Å². The maximum absolute atomic E-state index is 5.80. The van der Waals surface area contributed by atoms with Crippen LogP contribution >= 0.6 is 23.2 Å². The van der Waals surface area contributed by atoms with Crippen LogP contribution < -0.4 is 0 Å². The number of hydrogen-bond donors (Lipinski definition) is 0. The van der Waals surface area contributed by atoms with E-state index in [-0.39, 0.29) is 5.88 Å². The van der Waals surface area contributed by atoms with Gasteiger partial charge in [-0.05, 0) is 31.2 Å². The maximum atomic E-state index is 5.80. The van der Waals surface area contributed by atoms with Gasteiger partial charge in [-0.1, -0.05) is 11.6 Å². The first-order valence-electron chi connectivity index (χ1n) is 4.49. The molecular formula is C11H9Cl2NO. The number of benzene rings is 1. The third-order valence-electron chi connectivity index (χ3n) is 2.06. The molecule has 0 unspecified atom stereocenters. The van der Waals surface area contributed by atoms with Gasteiger partial charge >= 0.3 is 0 Å². The van der Waals surface area contributed by atoms with E-state index in [1.165, 1.54) is 0 Å². The highest BCUT2D eigenvalue weighted by Gasteiger charge is 2.10. The van der Waals surface area contributed by atoms with Gasteiger partial charge in [0.25, 0.3) is 0 Å². The number of hydrogen-bond acceptors (Lipinski definition) is 2. The zero-order valence-corrected chi connectivity index (χ0v) is 9.64. The van der Waals surface area contributed by atoms with E-state index in [0.29, 0.717) is 10.9 Å². The SMILES string of the molecule is Cc1nc(CCl)oc1-c1ccc(Cl)cc1. The molecule has 0 bridgehead atoms. The molecule has 0 spiro atoms. The molecule has 0 amide bonds. The van der Waals surface area contributed by atoms with Gasteiger partial charge in [0, 0.05) is 10.6 Å². The first-order valence-corrected chi connectivity index (χ1v) is 5.40. The zero-order chi connectivity index (χ0) is 10.8. The largest absolute Gasteiger partial charge is 0.439 e. The minimum Gasteiger partial charge on any atom is -0.439 e. The third kappa shape index (κ3) is 2.16. The molecule has 0 aliphatic heterocycles. The summed E-state index contributed by atoms with van der Waals surface area (Å²) in [5, 5.41) is 0.702. The van der Waals surface area contributed by atoms with Crippen molar-refractivity contribution in [1.82, 2.24) is 4.98 Å². The summed E-state index contributed by atoms with van der Waals surface area (Å²) in [6.45, 7) is 1.89. The highest BCUT2D eigenvalue weighted by atomic mass is 35.5. The summed E-state index contributed by atoms with van der Waals surface area (Å²) in [5.41, 5.74) is 1.80. The highest BCUT2D eigenvalue weighted by molar-refractivity contribution is 6.30. The second-order valence-electron chi connectivity index (χ2n) is 3.16. The molecule has 0 aliphatic carbocycles. The number of aromatic nitrogens is 1. The molecule has 4 heteroatoms. The van der Waals surface area contributed by atoms with Crippen LogP contribution in [0.3, 0.4) is 0 Å². The van der Waals surface area contributed by atoms with Gasteiger partial charge in [-0.15, -0.1) is 11.6 Å². The number of aryl methyl sites for hydroxylation is 1. The van der Waals surface area contributed by atoms with E-state index >= 15 is 0 Å². The van der Waals surface area contributed by atoms with Crippen LogP contribution in [0.5, 0.6) is 0 Å². The van der Waals surface area contributed by atoms with E-state index in [1.807, 2.05) is 31.2 Å². The number of halogens is 2. The van der Waals surface area contributed by atoms with Gasteiger partial charge in [-0.2, -0.15) is 0 Å². The Morgan fingerprint density at radius 1 is 1.27 bits per heavy atom. The molecule has 0 atom stereocenters. The monoisotopic (exact) mass is 241 g/mol. The van der Waals surface area contributed by atoms with Crippen LogP contribution in [-0.2, 0) is 5.88 Å². The predicted molar refractivity (Wildman–Crippen MR) is 61.2 cm³/mol. The Kier molecular flexibility index (Phi) is 2.98. The Balaban J connectivity index is 2.44. The van der Waals surface area contributed by atoms with Gasteiger partial charge in [0.2, 0.25) is 5.89 Å². The van der Waals surface area contributed by atoms with Crippen LogP contribution in [0.25, 0.3) is 11.3 Å². The number of nitrogens with zero attached hydrogens (tertiary/aromatic N) is 1. The Labute approximate surface area is 97.8 Å². The predicted octanol–water partition coefficient (Wildman–Crippen LogP) is 4.04. The lowest BCUT2D eigenvalue weighted by atomic mass is 10.1. The molecule has 0 radical (unpaired) electrons. The van der Waals surface area contributed by atoms with Gasteiger partial charge in [0.1, 0.15) is 0 Å². The van der Waals surface area contributed by atoms with Gasteiger partial charge < -0.3 is 4.42 Å². The summed E-state index contributed by atoms with van der Waals surface area (Å²) < 4.78 is 5.50. The lowest BCUT2D eigenvalue weighted by Crippen LogP contribution is -1.78. The summed E-state index contributed by atoms with van der Waals surface area (Å²) >= 11 is 11.5. The van der Waals surface area contributed by atoms with Crippen LogP contribution in [0.4, 0.5) is 0 Å². The van der Waals surface area contributed by atoms with Crippen molar-refractivity contribution in [3.8, 4) is 11.3 Å². The molecule has 0 N–H and O–H groups in total. The van der Waals surface area contributed by atoms with E-state index < -0.39 is 0 Å². The second kappa shape index (κ2) is 4.25. The minimum absolute atomic E-state index is 0.286. The van der Waals surface area contributed by atoms with Gasteiger partial charge in [-0.3, -0.25) is 0 Å². The molecule has 2 rings (SSSR count). The number of oxazole rings is 1. The molecule has 1 aromatic heterocycles. The zero-order valence-electron chi connectivity index (χ0n) is 8.13. The highest BCUT2D eigenvalue weighted by Crippen LogP contribution is 2.26. The average molecular weight is 242 g/mol. The number of alkyl halides is 1. The number of rotatable bonds is 2. The van der Waals surface area contributed by atoms with Crippen molar-refractivity contribution >= 4 is 23.2 Å². The molecule has 0 fully saturated rings. The van der Waals surface area contributed by atoms with Crippen LogP contribution in [0.1, 0.15) is 11.6 Å². The normalized spacial score (nSPS) is 10.6. The fourth-order valence-corrected chi connectivity index (χ4v) is 1.62. The molecule has 1 heterocycles. The van der Waals surface area contributed by atoms with Crippen molar-refractivity contribution in [1.29, 1.82) is 0 Å². The van der Waals surface area contributed by atoms with Gasteiger partial charge in [0.05, 0.1) is 11.6 Å². The molecular weight excluding hydrogens is 233 g/mol. The van der Waals surface area contributed by atoms with E-state index in [1.54, 1.807) is 0 Å². The molecule has 0 aliphatic rings. The maximum Gasteiger partial charge on any atom is 0.210 e. The Hall–Kier alpha value is -0.990. The summed E-state index contributed by atoms with van der Waals surface area (Å²) in [6, 6.07) is 7.43. The topological polar surface area (TPSA) is 26.0 Å². The quantitative estimate of drug-likeness (QED) is 0.742. The van der Waals surface area contributed by atoms with E-state index in [4.69, 9.17) is 27.6 Å². The summed E-state index contributed by atoms with van der Waals surface area (Å²) in [7, 11) is 0. The molecule has 1 aromatic carbocycles. The van der Waals surface area contributed by atoms with Crippen molar-refractivity contribution in [2.45, 2.75) is 12.8 Å². The fourth-order valence-electron chi connectivity index (χ4n) is 1.38. The van der Waals surface area contributed by atoms with Crippen LogP contribution in [0.15, 0.2) is 28.7 Å². The first-order chi connectivity index (χ1) is 7.20. The third-order valence-corrected chi connectivity index (χ3v) is 2.54. The summed E-state index contributed by atoms with van der Waals surface area (Å²) in [4.78, 5) is 4.20. The van der Waals surface area contributed by atoms with Crippen molar-refractivity contribution in [3.05, 3.63) is 40.9 Å². The molecule has 78 valence electrons. The Morgan fingerprint density at radius 2 is 1.93 bits per heavy atom. The van der Waals surface area contributed by atoms with Crippen LogP contribution in [0, 0.1) is 6.92 Å². The van der Waals surface area contributed by atoms with Crippen LogP contribution in [-0.4, -0.2) is 4.98 Å². The average Bonchev–Trinajstić information content (AvgIpc) is 2.61. The molecule has 0 saturated heterocycles. The van der Waals surface area contributed by atoms with Gasteiger partial charge in [-0.25, -0.2) is 4.98 Å². The smallest absolute Gasteiger partial charge is 0.210 e. The fraction of sp³-hybridized carbons (Fsp3) is 0.182. The standard InChI is InChI=1S/C11H9Cl2NO/c1-7-11(15-10(6-12)14-7)8-2-4-9(13)5-3-8/h2-5H,6H2,1H3. The first kappa shape index (κ1) is 10.5. The lowest BCUT2D eigenvalue weighted by Gasteiger charge is -1.97. The molecule has 15 heavy (non-hydrogen) atoms. The van der Waals surface area contributed by atoms with Crippen LogP contribution in [0.2, 0.25) is 5.02 Å². The van der Waals surface area contributed by atoms with Crippen molar-refractivity contribution in [2.75, 3.05) is 0 Å². The van der Waals surface area contributed by atoms with Gasteiger partial charge in [0.15, 0.2) is 5.76 Å². The van der Waals surface area contributed by atoms with E-state index in [9.17, 15) is 0 Å². The minimum atomic E-state index is 0.286. The summed E-state index contributed by atoms with van der Waals surface area (Å²) in [5.74, 6) is 1.58. The summed E-state index contributed by atoms with van der Waals surface area (Å²) in [6.07, 6.45) is 0. The lowest BCUT2D eigenvalue weighted by molar-refractivity contribution is 0.528. The Morgan fingerprint density at radius 3 is 2.47 bits per heavy atom. The van der Waals surface area contributed by atoms with Crippen molar-refractivity contribution in [2.24, 2.45) is 0 Å². The van der Waals surface area contributed by atoms with E-state index in [0.717, 1.165) is 17.0 Å². The second-order valence-corrected chi connectivity index (χ2v) is 3.87. The van der Waals surface area contributed by atoms with Crippen molar-refractivity contribution < 1.29 is 4.42 Å². The van der Waals surface area contributed by atoms with Crippen molar-refractivity contribution in [3.63, 3.8) is 0 Å². The Bertz CT molecular complexity index is 462. The molecule has 2 aromatic rings. The molecule has 0 saturated carbocycles.